The van der Waals surface area contributed by atoms with Gasteiger partial charge in [-0.05, 0) is 97.3 Å². The molecule has 6 aromatic rings. The second-order valence-corrected chi connectivity index (χ2v) is 17.0. The molecule has 0 saturated heterocycles. The molecular weight excluding hydrogens is 761 g/mol. The maximum absolute atomic E-state index is 14.1. The summed E-state index contributed by atoms with van der Waals surface area (Å²) in [4.78, 5) is 25.6. The molecule has 7 heteroatoms. The van der Waals surface area contributed by atoms with Crippen molar-refractivity contribution >= 4 is 11.9 Å². The highest BCUT2D eigenvalue weighted by molar-refractivity contribution is 5.86. The predicted octanol–water partition coefficient (Wildman–Crippen LogP) is 10.4. The van der Waals surface area contributed by atoms with Crippen LogP contribution in [0.2, 0.25) is 0 Å². The molecule has 0 radical (unpaired) electrons. The Morgan fingerprint density at radius 1 is 0.639 bits per heavy atom. The predicted molar refractivity (Wildman–Crippen MR) is 236 cm³/mol. The lowest BCUT2D eigenvalue weighted by atomic mass is 9.56. The summed E-state index contributed by atoms with van der Waals surface area (Å²) in [5.74, 6) is 0.175. The van der Waals surface area contributed by atoms with Crippen LogP contribution in [0.15, 0.2) is 152 Å². The monoisotopic (exact) mass is 810 g/mol. The van der Waals surface area contributed by atoms with Crippen molar-refractivity contribution in [2.45, 2.75) is 49.5 Å². The molecule has 3 atom stereocenters. The number of hydrogen-bond acceptors (Lipinski definition) is 7. The van der Waals surface area contributed by atoms with E-state index in [0.717, 1.165) is 28.3 Å². The first-order valence-corrected chi connectivity index (χ1v) is 21.0. The van der Waals surface area contributed by atoms with Gasteiger partial charge in [0, 0.05) is 19.1 Å². The van der Waals surface area contributed by atoms with Crippen molar-refractivity contribution in [3.05, 3.63) is 202 Å². The van der Waals surface area contributed by atoms with Crippen molar-refractivity contribution in [1.82, 2.24) is 0 Å². The fraction of sp³-hybridized carbons (Fsp3) is 0.259. The first kappa shape index (κ1) is 40.0. The zero-order valence-electron chi connectivity index (χ0n) is 35.1. The van der Waals surface area contributed by atoms with Crippen LogP contribution in [0.3, 0.4) is 0 Å². The van der Waals surface area contributed by atoms with E-state index < -0.39 is 22.9 Å². The summed E-state index contributed by atoms with van der Waals surface area (Å²) < 4.78 is 29.7. The summed E-state index contributed by atoms with van der Waals surface area (Å²) in [6.45, 7) is 10.8. The fourth-order valence-electron chi connectivity index (χ4n) is 10.2. The summed E-state index contributed by atoms with van der Waals surface area (Å²) >= 11 is 0. The van der Waals surface area contributed by atoms with E-state index >= 15 is 0 Å². The van der Waals surface area contributed by atoms with E-state index in [1.165, 1.54) is 38.9 Å². The van der Waals surface area contributed by atoms with Crippen LogP contribution in [-0.2, 0) is 40.2 Å². The van der Waals surface area contributed by atoms with Crippen LogP contribution in [0.4, 0.5) is 0 Å². The molecule has 61 heavy (non-hydrogen) atoms. The molecule has 0 saturated carbocycles. The number of benzene rings is 6. The van der Waals surface area contributed by atoms with Gasteiger partial charge in [0.1, 0.15) is 43.5 Å². The molecule has 4 aliphatic rings. The molecule has 0 aliphatic heterocycles. The third-order valence-electron chi connectivity index (χ3n) is 12.9. The Morgan fingerprint density at radius 2 is 1.16 bits per heavy atom. The largest absolute Gasteiger partial charge is 0.490 e. The molecule has 4 aliphatic carbocycles. The van der Waals surface area contributed by atoms with Crippen molar-refractivity contribution < 1.29 is 33.3 Å². The standard InChI is InChI=1S/C54H50O7/c1-6-50(55)60-31-29-58-38-24-19-35(20-25-38)53(45-16-10-7-13-40(45)41-14-8-11-17-46(41)53)36-21-26-39(27-22-36)59-30-32-61-51(56)49-34-43-42-15-9-12-18-47(42)54(49,57-5)48-28-23-37(33-44(43)48)52(2,3)4/h6-28,33,43,49H,1,29-32,34H2,2-5H3. The van der Waals surface area contributed by atoms with E-state index in [0.29, 0.717) is 17.9 Å². The van der Waals surface area contributed by atoms with Gasteiger partial charge in [-0.3, -0.25) is 4.79 Å². The molecule has 0 spiro atoms. The van der Waals surface area contributed by atoms with Crippen LogP contribution in [0.5, 0.6) is 11.5 Å². The SMILES string of the molecule is C=CC(=O)OCCOc1ccc(C2(c3ccc(OCCOC(=O)C4CC5c6ccccc6C4(OC)c4ccc(C(C)(C)C)cc45)cc3)c3ccccc3-c3ccccc32)cc1. The van der Waals surface area contributed by atoms with Gasteiger partial charge in [-0.25, -0.2) is 4.79 Å². The van der Waals surface area contributed by atoms with Gasteiger partial charge in [-0.2, -0.15) is 0 Å². The van der Waals surface area contributed by atoms with E-state index in [-0.39, 0.29) is 43.7 Å². The molecule has 0 amide bonds. The number of carbonyl (C=O) groups is 2. The number of hydrogen-bond donors (Lipinski definition) is 0. The highest BCUT2D eigenvalue weighted by Gasteiger charge is 2.58. The number of ether oxygens (including phenoxy) is 5. The van der Waals surface area contributed by atoms with Crippen LogP contribution in [0.1, 0.15) is 83.2 Å². The van der Waals surface area contributed by atoms with Crippen LogP contribution in [0, 0.1) is 5.92 Å². The highest BCUT2D eigenvalue weighted by Crippen LogP contribution is 2.60. The lowest BCUT2D eigenvalue weighted by Gasteiger charge is -2.52. The zero-order chi connectivity index (χ0) is 42.4. The molecule has 7 nitrogen and oxygen atoms in total. The van der Waals surface area contributed by atoms with E-state index in [9.17, 15) is 9.59 Å². The fourth-order valence-corrected chi connectivity index (χ4v) is 10.2. The highest BCUT2D eigenvalue weighted by atomic mass is 16.6. The van der Waals surface area contributed by atoms with E-state index in [1.54, 1.807) is 7.11 Å². The van der Waals surface area contributed by atoms with Crippen molar-refractivity contribution in [1.29, 1.82) is 0 Å². The Morgan fingerprint density at radius 3 is 1.72 bits per heavy atom. The first-order valence-electron chi connectivity index (χ1n) is 21.0. The van der Waals surface area contributed by atoms with Crippen molar-refractivity contribution in [3.8, 4) is 22.6 Å². The number of esters is 2. The Labute approximate surface area is 357 Å². The summed E-state index contributed by atoms with van der Waals surface area (Å²) in [6.07, 6.45) is 1.75. The molecule has 0 aromatic heterocycles. The first-order chi connectivity index (χ1) is 29.6. The average molecular weight is 811 g/mol. The van der Waals surface area contributed by atoms with E-state index in [4.69, 9.17) is 23.7 Å². The molecule has 10 rings (SSSR count). The topological polar surface area (TPSA) is 80.3 Å². The van der Waals surface area contributed by atoms with Gasteiger partial charge in [0.05, 0.1) is 11.3 Å². The Kier molecular flexibility index (Phi) is 10.4. The van der Waals surface area contributed by atoms with Crippen LogP contribution < -0.4 is 9.47 Å². The van der Waals surface area contributed by atoms with Gasteiger partial charge < -0.3 is 23.7 Å². The van der Waals surface area contributed by atoms with Gasteiger partial charge in [-0.15, -0.1) is 0 Å². The maximum atomic E-state index is 14.1. The summed E-state index contributed by atoms with van der Waals surface area (Å²) in [7, 11) is 1.71. The molecular formula is C54H50O7. The summed E-state index contributed by atoms with van der Waals surface area (Å²) in [5.41, 5.74) is 11.2. The molecule has 0 fully saturated rings. The quantitative estimate of drug-likeness (QED) is 0.0652. The lowest BCUT2D eigenvalue weighted by molar-refractivity contribution is -0.163. The second kappa shape index (κ2) is 15.9. The number of carbonyl (C=O) groups excluding carboxylic acids is 2. The molecule has 6 aromatic carbocycles. The molecule has 308 valence electrons. The zero-order valence-corrected chi connectivity index (χ0v) is 35.1. The molecule has 0 N–H and O–H groups in total. The van der Waals surface area contributed by atoms with E-state index in [2.05, 4.69) is 137 Å². The van der Waals surface area contributed by atoms with Crippen molar-refractivity contribution in [2.75, 3.05) is 33.5 Å². The van der Waals surface area contributed by atoms with Crippen LogP contribution in [-0.4, -0.2) is 45.5 Å². The second-order valence-electron chi connectivity index (χ2n) is 17.0. The Bertz CT molecular complexity index is 2570. The summed E-state index contributed by atoms with van der Waals surface area (Å²) in [5, 5.41) is 0. The van der Waals surface area contributed by atoms with Gasteiger partial charge in [0.25, 0.3) is 0 Å². The van der Waals surface area contributed by atoms with Crippen LogP contribution >= 0.6 is 0 Å². The number of rotatable bonds is 13. The van der Waals surface area contributed by atoms with E-state index in [1.807, 2.05) is 30.3 Å². The van der Waals surface area contributed by atoms with Gasteiger partial charge in [0.15, 0.2) is 0 Å². The minimum atomic E-state index is -0.937. The minimum absolute atomic E-state index is 0.00549. The third kappa shape index (κ3) is 6.63. The third-order valence-corrected chi connectivity index (χ3v) is 12.9. The van der Waals surface area contributed by atoms with Crippen LogP contribution in [0.25, 0.3) is 11.1 Å². The van der Waals surface area contributed by atoms with Gasteiger partial charge in [0.2, 0.25) is 0 Å². The molecule has 0 heterocycles. The maximum Gasteiger partial charge on any atom is 0.330 e. The summed E-state index contributed by atoms with van der Waals surface area (Å²) in [6, 6.07) is 48.5. The molecule has 2 bridgehead atoms. The average Bonchev–Trinajstić information content (AvgIpc) is 3.60. The smallest absolute Gasteiger partial charge is 0.330 e. The Hall–Kier alpha value is -6.44. The molecule has 3 unspecified atom stereocenters. The van der Waals surface area contributed by atoms with Gasteiger partial charge >= 0.3 is 11.9 Å². The van der Waals surface area contributed by atoms with Crippen molar-refractivity contribution in [3.63, 3.8) is 0 Å². The number of fused-ring (bicyclic) bond motifs is 4. The Balaban J connectivity index is 0.932. The minimum Gasteiger partial charge on any atom is -0.490 e. The normalized spacial score (nSPS) is 18.8. The lowest BCUT2D eigenvalue weighted by Crippen LogP contribution is -2.52. The van der Waals surface area contributed by atoms with Gasteiger partial charge in [-0.1, -0.05) is 143 Å². The van der Waals surface area contributed by atoms with Crippen molar-refractivity contribution in [2.24, 2.45) is 5.92 Å². The number of methoxy groups -OCH3 is 1.